The van der Waals surface area contributed by atoms with Gasteiger partial charge >= 0.3 is 13.1 Å². The number of ether oxygens (including phenoxy) is 1. The minimum absolute atomic E-state index is 0.337. The normalized spacial score (nSPS) is 20.1. The van der Waals surface area contributed by atoms with Gasteiger partial charge in [-0.25, -0.2) is 4.79 Å². The third-order valence-electron chi connectivity index (χ3n) is 6.38. The molecule has 1 aromatic heterocycles. The average Bonchev–Trinajstić information content (AvgIpc) is 3.26. The van der Waals surface area contributed by atoms with Crippen molar-refractivity contribution in [2.75, 3.05) is 7.11 Å². The lowest BCUT2D eigenvalue weighted by atomic mass is 9.68. The molecule has 1 aliphatic carbocycles. The largest absolute Gasteiger partial charge is 0.496 e. The van der Waals surface area contributed by atoms with Crippen LogP contribution in [-0.4, -0.2) is 31.4 Å². The van der Waals surface area contributed by atoms with E-state index < -0.39 is 18.3 Å². The van der Waals surface area contributed by atoms with Gasteiger partial charge in [0.1, 0.15) is 0 Å². The summed E-state index contributed by atoms with van der Waals surface area (Å²) >= 11 is 1.70. The first-order chi connectivity index (χ1) is 13.2. The van der Waals surface area contributed by atoms with Gasteiger partial charge in [-0.2, -0.15) is 0 Å². The topological polar surface area (TPSA) is 44.8 Å². The molecule has 0 atom stereocenters. The van der Waals surface area contributed by atoms with Gasteiger partial charge < -0.3 is 14.0 Å². The summed E-state index contributed by atoms with van der Waals surface area (Å²) in [5.41, 5.74) is 4.18. The highest BCUT2D eigenvalue weighted by atomic mass is 32.1. The third-order valence-corrected chi connectivity index (χ3v) is 7.28. The fourth-order valence-corrected chi connectivity index (χ4v) is 4.90. The maximum atomic E-state index is 12.8. The van der Waals surface area contributed by atoms with Gasteiger partial charge in [-0.1, -0.05) is 6.07 Å². The van der Waals surface area contributed by atoms with E-state index in [1.54, 1.807) is 11.3 Å². The Labute approximate surface area is 171 Å². The van der Waals surface area contributed by atoms with Gasteiger partial charge in [-0.05, 0) is 87.6 Å². The Morgan fingerprint density at radius 1 is 1.11 bits per heavy atom. The maximum absolute atomic E-state index is 12.8. The van der Waals surface area contributed by atoms with Crippen LogP contribution in [0.4, 0.5) is 0 Å². The molecule has 2 aliphatic rings. The summed E-state index contributed by atoms with van der Waals surface area (Å²) in [6.07, 6.45) is 4.20. The van der Waals surface area contributed by atoms with E-state index in [-0.39, 0.29) is 5.97 Å². The molecule has 0 amide bonds. The summed E-state index contributed by atoms with van der Waals surface area (Å²) in [7, 11) is 0.865. The van der Waals surface area contributed by atoms with Crippen molar-refractivity contribution >= 4 is 29.9 Å². The number of methoxy groups -OCH3 is 1. The highest BCUT2D eigenvalue weighted by Crippen LogP contribution is 2.40. The molecule has 0 unspecified atom stereocenters. The zero-order chi connectivity index (χ0) is 20.1. The summed E-state index contributed by atoms with van der Waals surface area (Å²) in [6.45, 7) is 8.16. The zero-order valence-electron chi connectivity index (χ0n) is 17.3. The van der Waals surface area contributed by atoms with Gasteiger partial charge in [0.05, 0.1) is 23.9 Å². The lowest BCUT2D eigenvalue weighted by Gasteiger charge is -2.32. The molecule has 0 spiro atoms. The van der Waals surface area contributed by atoms with Gasteiger partial charge in [-0.3, -0.25) is 0 Å². The molecule has 28 heavy (non-hydrogen) atoms. The van der Waals surface area contributed by atoms with E-state index in [2.05, 4.69) is 17.5 Å². The predicted molar refractivity (Wildman–Crippen MR) is 113 cm³/mol. The first kappa shape index (κ1) is 19.7. The zero-order valence-corrected chi connectivity index (χ0v) is 18.1. The van der Waals surface area contributed by atoms with Crippen LogP contribution in [-0.2, 0) is 26.9 Å². The van der Waals surface area contributed by atoms with Gasteiger partial charge in [0.25, 0.3) is 0 Å². The van der Waals surface area contributed by atoms with Crippen molar-refractivity contribution in [3.63, 3.8) is 0 Å². The number of hydrogen-bond acceptors (Lipinski definition) is 5. The second-order valence-electron chi connectivity index (χ2n) is 8.61. The molecule has 148 valence electrons. The molecule has 1 saturated heterocycles. The first-order valence-electron chi connectivity index (χ1n) is 9.91. The second-order valence-corrected chi connectivity index (χ2v) is 9.55. The van der Waals surface area contributed by atoms with Gasteiger partial charge in [0.2, 0.25) is 0 Å². The summed E-state index contributed by atoms with van der Waals surface area (Å²) in [5, 5.41) is 2.07. The summed E-state index contributed by atoms with van der Waals surface area (Å²) in [5.74, 6) is -0.337. The Bertz CT molecular complexity index is 886. The van der Waals surface area contributed by atoms with Crippen LogP contribution in [0.5, 0.6) is 0 Å². The van der Waals surface area contributed by atoms with E-state index >= 15 is 0 Å². The van der Waals surface area contributed by atoms with Crippen molar-refractivity contribution in [3.05, 3.63) is 40.3 Å². The van der Waals surface area contributed by atoms with Crippen LogP contribution in [0, 0.1) is 0 Å². The van der Waals surface area contributed by atoms with E-state index in [1.807, 2.05) is 33.8 Å². The molecule has 1 aliphatic heterocycles. The second kappa shape index (κ2) is 7.01. The minimum atomic E-state index is -0.566. The van der Waals surface area contributed by atoms with Crippen molar-refractivity contribution in [2.24, 2.45) is 0 Å². The number of benzene rings is 1. The van der Waals surface area contributed by atoms with Crippen molar-refractivity contribution < 1.29 is 18.8 Å². The highest BCUT2D eigenvalue weighted by Gasteiger charge is 2.53. The molecule has 1 aromatic carbocycles. The van der Waals surface area contributed by atoms with Gasteiger partial charge in [0, 0.05) is 10.3 Å². The number of hydrogen-bond donors (Lipinski definition) is 0. The fraction of sp³-hybridized carbons (Fsp3) is 0.500. The molecule has 4 rings (SSSR count). The number of thiophene rings is 1. The molecule has 2 heterocycles. The van der Waals surface area contributed by atoms with Crippen LogP contribution in [0.3, 0.4) is 0 Å². The Balaban J connectivity index is 1.94. The smallest absolute Gasteiger partial charge is 0.465 e. The van der Waals surface area contributed by atoms with E-state index in [0.717, 1.165) is 36.7 Å². The van der Waals surface area contributed by atoms with Crippen molar-refractivity contribution in [3.8, 4) is 10.4 Å². The molecule has 4 nitrogen and oxygen atoms in total. The molecule has 1 fully saturated rings. The van der Waals surface area contributed by atoms with E-state index in [4.69, 9.17) is 14.0 Å². The van der Waals surface area contributed by atoms with E-state index in [0.29, 0.717) is 5.56 Å². The molecule has 0 saturated carbocycles. The van der Waals surface area contributed by atoms with Crippen molar-refractivity contribution in [2.45, 2.75) is 64.6 Å². The third kappa shape index (κ3) is 3.12. The first-order valence-corrected chi connectivity index (χ1v) is 10.8. The predicted octanol–water partition coefficient (Wildman–Crippen LogP) is 4.38. The minimum Gasteiger partial charge on any atom is -0.465 e. The number of fused-ring (bicyclic) bond motifs is 1. The van der Waals surface area contributed by atoms with E-state index in [1.165, 1.54) is 23.1 Å². The van der Waals surface area contributed by atoms with Crippen LogP contribution in [0.25, 0.3) is 10.4 Å². The molecule has 0 bridgehead atoms. The van der Waals surface area contributed by atoms with Gasteiger partial charge in [0.15, 0.2) is 0 Å². The number of carbonyl (C=O) groups is 1. The monoisotopic (exact) mass is 398 g/mol. The van der Waals surface area contributed by atoms with Crippen molar-refractivity contribution in [1.82, 2.24) is 0 Å². The number of carbonyl (C=O) groups excluding carboxylic acids is 1. The molecule has 6 heteroatoms. The number of rotatable bonds is 3. The Morgan fingerprint density at radius 3 is 2.32 bits per heavy atom. The van der Waals surface area contributed by atoms with Gasteiger partial charge in [-0.15, -0.1) is 11.3 Å². The molecule has 0 radical (unpaired) electrons. The van der Waals surface area contributed by atoms with Crippen molar-refractivity contribution in [1.29, 1.82) is 0 Å². The fourth-order valence-electron chi connectivity index (χ4n) is 4.13. The van der Waals surface area contributed by atoms with Crippen LogP contribution in [0.15, 0.2) is 23.6 Å². The average molecular weight is 398 g/mol. The summed E-state index contributed by atoms with van der Waals surface area (Å²) in [4.78, 5) is 14.0. The number of esters is 1. The molecule has 0 N–H and O–H groups in total. The molecular weight excluding hydrogens is 371 g/mol. The van der Waals surface area contributed by atoms with E-state index in [9.17, 15) is 4.79 Å². The summed E-state index contributed by atoms with van der Waals surface area (Å²) < 4.78 is 17.9. The SMILES string of the molecule is COC(=O)c1cc(-c2cccs2)c2c(c1B1OC(C)(C)C(C)(C)O1)CCCC2. The standard InChI is InChI=1S/C22H27BO4S/c1-21(2)22(3,4)27-23(26-21)19-15-10-7-6-9-14(15)16(18-11-8-12-28-18)13-17(19)20(24)25-5/h8,11-13H,6-7,9-10H2,1-5H3. The Hall–Kier alpha value is -1.63. The van der Waals surface area contributed by atoms with Crippen LogP contribution in [0.1, 0.15) is 62.0 Å². The Kier molecular flexibility index (Phi) is 4.93. The summed E-state index contributed by atoms with van der Waals surface area (Å²) in [6, 6.07) is 6.15. The molecular formula is C22H27BO4S. The van der Waals surface area contributed by atoms with Crippen LogP contribution < -0.4 is 5.46 Å². The lowest BCUT2D eigenvalue weighted by molar-refractivity contribution is 0.00578. The lowest BCUT2D eigenvalue weighted by Crippen LogP contribution is -2.42. The molecule has 2 aromatic rings. The Morgan fingerprint density at radius 2 is 1.75 bits per heavy atom. The quantitative estimate of drug-likeness (QED) is 0.569. The maximum Gasteiger partial charge on any atom is 0.496 e. The van der Waals surface area contributed by atoms with Crippen LogP contribution >= 0.6 is 11.3 Å². The van der Waals surface area contributed by atoms with Crippen LogP contribution in [0.2, 0.25) is 0 Å². The highest BCUT2D eigenvalue weighted by molar-refractivity contribution is 7.13.